The molecule has 0 aliphatic rings. The van der Waals surface area contributed by atoms with Gasteiger partial charge in [-0.05, 0) is 34.1 Å². The van der Waals surface area contributed by atoms with Crippen LogP contribution >= 0.6 is 0 Å². The highest BCUT2D eigenvalue weighted by atomic mass is 16.2. The second-order valence-corrected chi connectivity index (χ2v) is 12.1. The van der Waals surface area contributed by atoms with Crippen LogP contribution in [0.1, 0.15) is 77.9 Å². The highest BCUT2D eigenvalue weighted by Crippen LogP contribution is 2.28. The van der Waals surface area contributed by atoms with E-state index in [0.29, 0.717) is 37.8 Å². The van der Waals surface area contributed by atoms with Crippen molar-refractivity contribution < 1.29 is 9.59 Å². The smallest absolute Gasteiger partial charge is 0.220 e. The summed E-state index contributed by atoms with van der Waals surface area (Å²) in [4.78, 5) is 40.3. The molecule has 0 saturated carbocycles. The Morgan fingerprint density at radius 2 is 0.929 bits per heavy atom. The van der Waals surface area contributed by atoms with Crippen LogP contribution in [0.25, 0.3) is 33.6 Å². The van der Waals surface area contributed by atoms with Crippen LogP contribution in [0.2, 0.25) is 0 Å². The summed E-state index contributed by atoms with van der Waals surface area (Å²) in [7, 11) is 0. The molecule has 4 N–H and O–H groups in total. The molecule has 0 radical (unpaired) electrons. The predicted octanol–water partition coefficient (Wildman–Crippen LogP) is 6.67. The van der Waals surface area contributed by atoms with Crippen molar-refractivity contribution in [1.82, 2.24) is 30.6 Å². The number of benzene rings is 2. The summed E-state index contributed by atoms with van der Waals surface area (Å²) in [6.45, 7) is 13.7. The first-order valence-corrected chi connectivity index (χ1v) is 14.9. The fourth-order valence-electron chi connectivity index (χ4n) is 4.68. The average Bonchev–Trinajstić information content (AvgIpc) is 3.66. The molecule has 0 aliphatic heterocycles. The number of aromatic nitrogens is 4. The lowest BCUT2D eigenvalue weighted by Gasteiger charge is -2.11. The van der Waals surface area contributed by atoms with Crippen molar-refractivity contribution >= 4 is 11.8 Å². The lowest BCUT2D eigenvalue weighted by Crippen LogP contribution is -2.28. The molecule has 2 atom stereocenters. The largest absolute Gasteiger partial charge is 0.356 e. The van der Waals surface area contributed by atoms with Crippen LogP contribution in [0, 0.1) is 11.8 Å². The topological polar surface area (TPSA) is 116 Å². The molecule has 0 fully saturated rings. The molecule has 0 bridgehead atoms. The van der Waals surface area contributed by atoms with Gasteiger partial charge in [0.25, 0.3) is 0 Å². The first-order chi connectivity index (χ1) is 20.1. The highest BCUT2D eigenvalue weighted by molar-refractivity contribution is 5.77. The van der Waals surface area contributed by atoms with Gasteiger partial charge in [-0.2, -0.15) is 0 Å². The van der Waals surface area contributed by atoms with Crippen molar-refractivity contribution in [1.29, 1.82) is 0 Å². The van der Waals surface area contributed by atoms with Crippen molar-refractivity contribution in [2.75, 3.05) is 13.1 Å². The summed E-state index contributed by atoms with van der Waals surface area (Å²) >= 11 is 0. The molecule has 4 aromatic rings. The molecule has 8 nitrogen and oxygen atoms in total. The molecule has 222 valence electrons. The zero-order chi connectivity index (χ0) is 30.2. The number of rotatable bonds is 13. The van der Waals surface area contributed by atoms with Crippen molar-refractivity contribution in [3.05, 3.63) is 72.6 Å². The van der Waals surface area contributed by atoms with Gasteiger partial charge in [0, 0.05) is 37.8 Å². The minimum Gasteiger partial charge on any atom is -0.356 e. The SMILES string of the molecule is CC(C)CNC(=O)C[C@@H](C)c1ncc(-c2ccc(-c3ccc(-c4cnc([C@H](C)CC(=O)NCC(C)C)[nH]4)cc3)cc2)[nH]1. The molecular formula is C34H44N6O2. The van der Waals surface area contributed by atoms with Crippen LogP contribution in [-0.4, -0.2) is 44.8 Å². The molecule has 0 saturated heterocycles. The van der Waals surface area contributed by atoms with Gasteiger partial charge in [0.05, 0.1) is 23.8 Å². The van der Waals surface area contributed by atoms with E-state index in [9.17, 15) is 9.59 Å². The van der Waals surface area contributed by atoms with Crippen molar-refractivity contribution in [2.45, 2.75) is 66.2 Å². The second kappa shape index (κ2) is 14.1. The molecule has 0 aliphatic carbocycles. The van der Waals surface area contributed by atoms with E-state index >= 15 is 0 Å². The number of nitrogens with one attached hydrogen (secondary N) is 4. The Balaban J connectivity index is 1.35. The Bertz CT molecular complexity index is 1340. The normalized spacial score (nSPS) is 12.9. The molecular weight excluding hydrogens is 524 g/mol. The monoisotopic (exact) mass is 568 g/mol. The van der Waals surface area contributed by atoms with E-state index < -0.39 is 0 Å². The van der Waals surface area contributed by atoms with Gasteiger partial charge in [-0.3, -0.25) is 9.59 Å². The first kappa shape index (κ1) is 30.8. The standard InChI is InChI=1S/C34H44N6O2/c1-21(2)17-35-31(41)15-23(5)33-37-19-29(39-33)27-11-7-25(8-12-27)26-9-13-28(14-10-26)30-20-38-34(40-30)24(6)16-32(42)36-18-22(3)4/h7-14,19-24H,15-18H2,1-6H3,(H,35,41)(H,36,42)(H,37,39)(H,38,40)/t23-,24-/m1/s1. The third-order valence-corrected chi connectivity index (χ3v) is 7.25. The lowest BCUT2D eigenvalue weighted by molar-refractivity contribution is -0.122. The lowest BCUT2D eigenvalue weighted by atomic mass is 10.0. The highest BCUT2D eigenvalue weighted by Gasteiger charge is 2.17. The van der Waals surface area contributed by atoms with Crippen LogP contribution < -0.4 is 10.6 Å². The van der Waals surface area contributed by atoms with E-state index in [4.69, 9.17) is 0 Å². The molecule has 2 heterocycles. The summed E-state index contributed by atoms with van der Waals surface area (Å²) in [5.74, 6) is 2.60. The van der Waals surface area contributed by atoms with Crippen LogP contribution in [-0.2, 0) is 9.59 Å². The zero-order valence-corrected chi connectivity index (χ0v) is 25.6. The van der Waals surface area contributed by atoms with Crippen molar-refractivity contribution in [2.24, 2.45) is 11.8 Å². The summed E-state index contributed by atoms with van der Waals surface area (Å²) in [5.41, 5.74) is 6.19. The second-order valence-electron chi connectivity index (χ2n) is 12.1. The summed E-state index contributed by atoms with van der Waals surface area (Å²) in [6, 6.07) is 16.8. The number of hydrogen-bond acceptors (Lipinski definition) is 4. The maximum Gasteiger partial charge on any atom is 0.220 e. The fraction of sp³-hybridized carbons (Fsp3) is 0.412. The Hall–Kier alpha value is -4.20. The van der Waals surface area contributed by atoms with Gasteiger partial charge < -0.3 is 20.6 Å². The van der Waals surface area contributed by atoms with Crippen LogP contribution in [0.5, 0.6) is 0 Å². The molecule has 2 aromatic heterocycles. The van der Waals surface area contributed by atoms with Crippen molar-refractivity contribution in [3.8, 4) is 33.6 Å². The van der Waals surface area contributed by atoms with Gasteiger partial charge in [-0.25, -0.2) is 9.97 Å². The molecule has 2 aromatic carbocycles. The zero-order valence-electron chi connectivity index (χ0n) is 25.6. The third kappa shape index (κ3) is 8.41. The molecule has 4 rings (SSSR count). The van der Waals surface area contributed by atoms with Gasteiger partial charge in [0.15, 0.2) is 0 Å². The molecule has 0 unspecified atom stereocenters. The summed E-state index contributed by atoms with van der Waals surface area (Å²) in [6.07, 6.45) is 4.48. The van der Waals surface area contributed by atoms with Crippen molar-refractivity contribution in [3.63, 3.8) is 0 Å². The Labute approximate surface area is 249 Å². The number of aromatic amines is 2. The van der Waals surface area contributed by atoms with Crippen LogP contribution in [0.15, 0.2) is 60.9 Å². The van der Waals surface area contributed by atoms with E-state index in [0.717, 1.165) is 45.3 Å². The van der Waals surface area contributed by atoms with E-state index in [1.807, 2.05) is 26.2 Å². The van der Waals surface area contributed by atoms with E-state index in [1.165, 1.54) is 0 Å². The fourth-order valence-corrected chi connectivity index (χ4v) is 4.68. The maximum absolute atomic E-state index is 12.2. The minimum atomic E-state index is 0.00655. The average molecular weight is 569 g/mol. The van der Waals surface area contributed by atoms with E-state index in [2.05, 4.69) is 107 Å². The number of nitrogens with zero attached hydrogens (tertiary/aromatic N) is 2. The number of carbonyl (C=O) groups is 2. The van der Waals surface area contributed by atoms with Gasteiger partial charge >= 0.3 is 0 Å². The van der Waals surface area contributed by atoms with Crippen LogP contribution in [0.3, 0.4) is 0 Å². The quantitative estimate of drug-likeness (QED) is 0.144. The summed E-state index contributed by atoms with van der Waals surface area (Å²) in [5, 5.41) is 5.95. The Morgan fingerprint density at radius 3 is 1.26 bits per heavy atom. The molecule has 2 amide bonds. The predicted molar refractivity (Wildman–Crippen MR) is 169 cm³/mol. The third-order valence-electron chi connectivity index (χ3n) is 7.25. The van der Waals surface area contributed by atoms with Gasteiger partial charge in [0.2, 0.25) is 11.8 Å². The minimum absolute atomic E-state index is 0.00655. The van der Waals surface area contributed by atoms with Gasteiger partial charge in [-0.1, -0.05) is 90.1 Å². The van der Waals surface area contributed by atoms with Crippen LogP contribution in [0.4, 0.5) is 0 Å². The molecule has 0 spiro atoms. The molecule has 42 heavy (non-hydrogen) atoms. The number of imidazole rings is 2. The number of amides is 2. The Kier molecular flexibility index (Phi) is 10.3. The first-order valence-electron chi connectivity index (χ1n) is 14.9. The summed E-state index contributed by atoms with van der Waals surface area (Å²) < 4.78 is 0. The van der Waals surface area contributed by atoms with E-state index in [-0.39, 0.29) is 23.7 Å². The maximum atomic E-state index is 12.2. The van der Waals surface area contributed by atoms with Gasteiger partial charge in [0.1, 0.15) is 11.6 Å². The van der Waals surface area contributed by atoms with E-state index in [1.54, 1.807) is 0 Å². The van der Waals surface area contributed by atoms with Gasteiger partial charge in [-0.15, -0.1) is 0 Å². The number of carbonyl (C=O) groups excluding carboxylic acids is 2. The number of hydrogen-bond donors (Lipinski definition) is 4. The number of H-pyrrole nitrogens is 2. The molecule has 8 heteroatoms. The Morgan fingerprint density at radius 1 is 0.595 bits per heavy atom.